The molecule has 0 bridgehead atoms. The van der Waals surface area contributed by atoms with Crippen LogP contribution < -0.4 is 5.73 Å². The molecule has 2 unspecified atom stereocenters. The maximum Gasteiger partial charge on any atom is 0.490 e. The van der Waals surface area contributed by atoms with Gasteiger partial charge in [0.15, 0.2) is 11.4 Å². The number of aromatic nitrogens is 3. The molecule has 19 heteroatoms. The summed E-state index contributed by atoms with van der Waals surface area (Å²) in [6.45, 7) is 4.18. The Kier molecular flexibility index (Phi) is 6.91. The number of phosphoric acid groups is 3. The lowest BCUT2D eigenvalue weighted by Crippen LogP contribution is -2.38. The second-order valence-electron chi connectivity index (χ2n) is 7.86. The second kappa shape index (κ2) is 8.74. The quantitative estimate of drug-likeness (QED) is 0.297. The van der Waals surface area contributed by atoms with Gasteiger partial charge in [-0.05, 0) is 25.0 Å². The Bertz CT molecular complexity index is 1290. The molecule has 0 aromatic carbocycles. The number of anilines is 1. The standard InChI is InChI=1S/C15H22N5O11P3/c1-9-10(2)15(6-16,12-5-4-11-13(17)18-8-19-20(11)12)29-14(9,3)7-28-33(24,25)31-34(26,27)30-32(21,22)23/h4-5,8-10H,7H2,1-3H3,(H,24,25)(H,26,27)(H2,17,18,19)(H2,21,22,23)/t9-,10+,14+,15+/m0/s1. The summed E-state index contributed by atoms with van der Waals surface area (Å²) in [4.78, 5) is 40.3. The predicted molar refractivity (Wildman–Crippen MR) is 112 cm³/mol. The minimum atomic E-state index is -5.67. The number of nitrogens with two attached hydrogens (primary N) is 1. The van der Waals surface area contributed by atoms with Gasteiger partial charge in [-0.15, -0.1) is 0 Å². The largest absolute Gasteiger partial charge is 0.490 e. The van der Waals surface area contributed by atoms with E-state index in [1.165, 1.54) is 17.8 Å². The topological polar surface area (TPSA) is 249 Å². The van der Waals surface area contributed by atoms with Crippen molar-refractivity contribution in [3.05, 3.63) is 24.2 Å². The Balaban J connectivity index is 1.87. The van der Waals surface area contributed by atoms with Crippen LogP contribution >= 0.6 is 23.5 Å². The Morgan fingerprint density at radius 2 is 1.82 bits per heavy atom. The molecule has 1 fully saturated rings. The third kappa shape index (κ3) is 5.11. The van der Waals surface area contributed by atoms with Gasteiger partial charge < -0.3 is 30.0 Å². The van der Waals surface area contributed by atoms with E-state index in [2.05, 4.69) is 24.8 Å². The summed E-state index contributed by atoms with van der Waals surface area (Å²) in [7, 11) is -16.6. The summed E-state index contributed by atoms with van der Waals surface area (Å²) >= 11 is 0. The molecular weight excluding hydrogens is 519 g/mol. The molecular formula is C15H22N5O11P3. The van der Waals surface area contributed by atoms with Crippen molar-refractivity contribution < 1.29 is 51.2 Å². The average molecular weight is 541 g/mol. The lowest BCUT2D eigenvalue weighted by Gasteiger charge is -2.30. The van der Waals surface area contributed by atoms with Crippen LogP contribution in [0.2, 0.25) is 0 Å². The van der Waals surface area contributed by atoms with E-state index >= 15 is 0 Å². The Labute approximate surface area is 192 Å². The highest BCUT2D eigenvalue weighted by molar-refractivity contribution is 7.66. The number of nitrogens with zero attached hydrogens (tertiary/aromatic N) is 4. The van der Waals surface area contributed by atoms with Gasteiger partial charge in [0.05, 0.1) is 17.9 Å². The maximum atomic E-state index is 12.2. The van der Waals surface area contributed by atoms with E-state index in [0.29, 0.717) is 11.2 Å². The van der Waals surface area contributed by atoms with Crippen LogP contribution in [0, 0.1) is 23.2 Å². The smallest absolute Gasteiger partial charge is 0.382 e. The van der Waals surface area contributed by atoms with Crippen LogP contribution in [-0.2, 0) is 37.2 Å². The molecule has 188 valence electrons. The first-order chi connectivity index (χ1) is 15.5. The van der Waals surface area contributed by atoms with Gasteiger partial charge in [0, 0.05) is 5.92 Å². The minimum absolute atomic E-state index is 0.170. The molecule has 0 amide bonds. The van der Waals surface area contributed by atoms with Crippen molar-refractivity contribution in [2.24, 2.45) is 11.8 Å². The highest BCUT2D eigenvalue weighted by Crippen LogP contribution is 2.66. The van der Waals surface area contributed by atoms with Gasteiger partial charge in [0.2, 0.25) is 0 Å². The number of hydrogen-bond donors (Lipinski definition) is 5. The number of phosphoric ester groups is 1. The van der Waals surface area contributed by atoms with Crippen LogP contribution in [0.1, 0.15) is 26.5 Å². The number of fused-ring (bicyclic) bond motifs is 1. The van der Waals surface area contributed by atoms with E-state index in [-0.39, 0.29) is 5.82 Å². The van der Waals surface area contributed by atoms with Crippen molar-refractivity contribution in [2.45, 2.75) is 32.0 Å². The molecule has 3 rings (SSSR count). The van der Waals surface area contributed by atoms with E-state index in [0.717, 1.165) is 0 Å². The van der Waals surface area contributed by atoms with Gasteiger partial charge >= 0.3 is 23.5 Å². The Morgan fingerprint density at radius 1 is 1.18 bits per heavy atom. The van der Waals surface area contributed by atoms with E-state index in [4.69, 9.17) is 24.8 Å². The van der Waals surface area contributed by atoms with Gasteiger partial charge in [-0.3, -0.25) is 4.52 Å². The maximum absolute atomic E-state index is 12.2. The number of ether oxygens (including phenoxy) is 1. The van der Waals surface area contributed by atoms with Crippen molar-refractivity contribution >= 4 is 34.8 Å². The summed E-state index contributed by atoms with van der Waals surface area (Å²) in [6.07, 6.45) is 1.20. The summed E-state index contributed by atoms with van der Waals surface area (Å²) < 4.78 is 54.2. The van der Waals surface area contributed by atoms with Crippen molar-refractivity contribution in [2.75, 3.05) is 12.3 Å². The van der Waals surface area contributed by atoms with Gasteiger partial charge in [-0.2, -0.15) is 19.0 Å². The normalized spacial score (nSPS) is 31.1. The molecule has 0 aliphatic carbocycles. The lowest BCUT2D eigenvalue weighted by molar-refractivity contribution is -0.107. The van der Waals surface area contributed by atoms with Crippen LogP contribution in [0.4, 0.5) is 5.82 Å². The fraction of sp³-hybridized carbons (Fsp3) is 0.533. The van der Waals surface area contributed by atoms with E-state index in [1.54, 1.807) is 26.0 Å². The zero-order valence-corrected chi connectivity index (χ0v) is 20.6. The molecule has 6 N–H and O–H groups in total. The van der Waals surface area contributed by atoms with Crippen LogP contribution in [-0.4, -0.2) is 46.4 Å². The summed E-state index contributed by atoms with van der Waals surface area (Å²) in [5.41, 5.74) is 3.59. The number of hydrogen-bond acceptors (Lipinski definition) is 11. The van der Waals surface area contributed by atoms with Crippen molar-refractivity contribution in [1.29, 1.82) is 5.26 Å². The van der Waals surface area contributed by atoms with Crippen LogP contribution in [0.5, 0.6) is 0 Å². The molecule has 3 heterocycles. The molecule has 0 radical (unpaired) electrons. The minimum Gasteiger partial charge on any atom is -0.382 e. The number of nitriles is 1. The van der Waals surface area contributed by atoms with Crippen molar-refractivity contribution in [1.82, 2.24) is 14.6 Å². The van der Waals surface area contributed by atoms with Crippen molar-refractivity contribution in [3.8, 4) is 6.07 Å². The molecule has 6 atom stereocenters. The van der Waals surface area contributed by atoms with Crippen LogP contribution in [0.15, 0.2) is 18.5 Å². The zero-order valence-electron chi connectivity index (χ0n) is 17.9. The SMILES string of the molecule is C[C@@H]1[C@H](C)[C@@](C)(COP(=O)(O)OP(=O)(O)OP(=O)(O)O)O[C@@]1(C#N)c1ccc2c(N)ncnn12. The summed E-state index contributed by atoms with van der Waals surface area (Å²) in [5.74, 6) is -0.853. The van der Waals surface area contributed by atoms with E-state index in [1.807, 2.05) is 0 Å². The predicted octanol–water partition coefficient (Wildman–Crippen LogP) is 1.43. The lowest BCUT2D eigenvalue weighted by atomic mass is 9.77. The average Bonchev–Trinajstić information content (AvgIpc) is 3.20. The third-order valence-corrected chi connectivity index (χ3v) is 9.49. The molecule has 1 aliphatic rings. The molecule has 2 aromatic heterocycles. The molecule has 34 heavy (non-hydrogen) atoms. The van der Waals surface area contributed by atoms with Gasteiger partial charge in [0.25, 0.3) is 0 Å². The van der Waals surface area contributed by atoms with Crippen molar-refractivity contribution in [3.63, 3.8) is 0 Å². The number of nitrogen functional groups attached to an aromatic ring is 1. The highest BCUT2D eigenvalue weighted by Gasteiger charge is 2.60. The first-order valence-electron chi connectivity index (χ1n) is 9.44. The first-order valence-corrected chi connectivity index (χ1v) is 14.0. The highest BCUT2D eigenvalue weighted by atomic mass is 31.3. The molecule has 1 aliphatic heterocycles. The summed E-state index contributed by atoms with van der Waals surface area (Å²) in [6, 6.07) is 5.32. The van der Waals surface area contributed by atoms with E-state index in [9.17, 15) is 28.7 Å². The Morgan fingerprint density at radius 3 is 2.41 bits per heavy atom. The monoisotopic (exact) mass is 541 g/mol. The fourth-order valence-electron chi connectivity index (χ4n) is 3.81. The third-order valence-electron chi connectivity index (χ3n) is 5.71. The van der Waals surface area contributed by atoms with E-state index < -0.39 is 53.1 Å². The fourth-order valence-corrected chi connectivity index (χ4v) is 6.92. The van der Waals surface area contributed by atoms with Gasteiger partial charge in [-0.25, -0.2) is 23.2 Å². The first kappa shape index (κ1) is 26.9. The van der Waals surface area contributed by atoms with Gasteiger partial charge in [0.1, 0.15) is 17.9 Å². The van der Waals surface area contributed by atoms with Gasteiger partial charge in [-0.1, -0.05) is 13.8 Å². The molecule has 0 saturated carbocycles. The van der Waals surface area contributed by atoms with Crippen LogP contribution in [0.25, 0.3) is 5.52 Å². The zero-order chi connectivity index (χ0) is 25.7. The summed E-state index contributed by atoms with van der Waals surface area (Å²) in [5, 5.41) is 14.3. The van der Waals surface area contributed by atoms with Crippen LogP contribution in [0.3, 0.4) is 0 Å². The molecule has 2 aromatic rings. The molecule has 16 nitrogen and oxygen atoms in total. The molecule has 1 saturated heterocycles. The Hall–Kier alpha value is -1.72. The second-order valence-corrected chi connectivity index (χ2v) is 12.3. The molecule has 0 spiro atoms. The number of rotatable bonds is 8.